The molecule has 0 aromatic heterocycles. The summed E-state index contributed by atoms with van der Waals surface area (Å²) in [5.74, 6) is -1.59. The highest BCUT2D eigenvalue weighted by atomic mass is 16.6. The Balaban J connectivity index is 2.38. The second-order valence-corrected chi connectivity index (χ2v) is 4.78. The Bertz CT molecular complexity index is 584. The Hall–Kier alpha value is -2.44. The number of carboxylic acid groups (broad SMARTS) is 1. The van der Waals surface area contributed by atoms with Gasteiger partial charge in [-0.15, -0.1) is 0 Å². The second-order valence-electron chi connectivity index (χ2n) is 4.78. The Kier molecular flexibility index (Phi) is 3.69. The molecule has 1 aromatic carbocycles. The van der Waals surface area contributed by atoms with Gasteiger partial charge in [0.15, 0.2) is 5.78 Å². The number of anilines is 1. The molecule has 1 aliphatic rings. The van der Waals surface area contributed by atoms with Crippen LogP contribution in [0.1, 0.15) is 23.7 Å². The van der Waals surface area contributed by atoms with Crippen molar-refractivity contribution in [2.45, 2.75) is 13.3 Å². The van der Waals surface area contributed by atoms with Gasteiger partial charge in [-0.1, -0.05) is 0 Å². The summed E-state index contributed by atoms with van der Waals surface area (Å²) in [4.78, 5) is 34.6. The van der Waals surface area contributed by atoms with E-state index in [0.717, 1.165) is 0 Å². The third-order valence-electron chi connectivity index (χ3n) is 3.45. The van der Waals surface area contributed by atoms with Crippen LogP contribution < -0.4 is 4.90 Å². The fourth-order valence-electron chi connectivity index (χ4n) is 2.37. The second kappa shape index (κ2) is 5.28. The number of hydrogen-bond acceptors (Lipinski definition) is 5. The minimum Gasteiger partial charge on any atom is -0.481 e. The van der Waals surface area contributed by atoms with E-state index in [0.29, 0.717) is 24.2 Å². The molecule has 7 nitrogen and oxygen atoms in total. The van der Waals surface area contributed by atoms with E-state index in [1.54, 1.807) is 4.90 Å². The van der Waals surface area contributed by atoms with Gasteiger partial charge in [0.25, 0.3) is 5.69 Å². The van der Waals surface area contributed by atoms with Crippen molar-refractivity contribution in [3.63, 3.8) is 0 Å². The van der Waals surface area contributed by atoms with Crippen LogP contribution in [0.15, 0.2) is 18.2 Å². The number of carbonyl (C=O) groups is 2. The van der Waals surface area contributed by atoms with E-state index < -0.39 is 16.8 Å². The molecule has 1 unspecified atom stereocenters. The number of benzene rings is 1. The lowest BCUT2D eigenvalue weighted by molar-refractivity contribution is -0.384. The Morgan fingerprint density at radius 2 is 2.15 bits per heavy atom. The van der Waals surface area contributed by atoms with Crippen molar-refractivity contribution in [1.82, 2.24) is 0 Å². The maximum Gasteiger partial charge on any atom is 0.308 e. The molecule has 0 spiro atoms. The van der Waals surface area contributed by atoms with Gasteiger partial charge in [-0.25, -0.2) is 0 Å². The first kappa shape index (κ1) is 14.0. The molecule has 2 rings (SSSR count). The number of ketones is 1. The first-order valence-electron chi connectivity index (χ1n) is 6.17. The molecule has 0 aliphatic carbocycles. The normalized spacial score (nSPS) is 18.1. The van der Waals surface area contributed by atoms with Gasteiger partial charge in [-0.05, 0) is 19.4 Å². The number of nitro groups is 1. The molecule has 1 atom stereocenters. The summed E-state index contributed by atoms with van der Waals surface area (Å²) in [5.41, 5.74) is 0.709. The van der Waals surface area contributed by atoms with Crippen molar-refractivity contribution in [2.75, 3.05) is 18.0 Å². The predicted molar refractivity (Wildman–Crippen MR) is 71.1 cm³/mol. The summed E-state index contributed by atoms with van der Waals surface area (Å²) in [6, 6.07) is 4.04. The molecule has 0 saturated carbocycles. The summed E-state index contributed by atoms with van der Waals surface area (Å²) in [6.07, 6.45) is 0.468. The Morgan fingerprint density at radius 1 is 1.45 bits per heavy atom. The van der Waals surface area contributed by atoms with Crippen molar-refractivity contribution in [3.05, 3.63) is 33.9 Å². The maximum atomic E-state index is 11.6. The number of carbonyl (C=O) groups excluding carboxylic acids is 1. The first-order chi connectivity index (χ1) is 9.40. The molecular formula is C13H14N2O5. The van der Waals surface area contributed by atoms with Crippen LogP contribution in [0.2, 0.25) is 0 Å². The smallest absolute Gasteiger partial charge is 0.308 e. The van der Waals surface area contributed by atoms with Crippen molar-refractivity contribution in [3.8, 4) is 0 Å². The van der Waals surface area contributed by atoms with Crippen molar-refractivity contribution in [1.29, 1.82) is 0 Å². The summed E-state index contributed by atoms with van der Waals surface area (Å²) in [7, 11) is 0. The van der Waals surface area contributed by atoms with Crippen LogP contribution in [0, 0.1) is 16.0 Å². The van der Waals surface area contributed by atoms with Gasteiger partial charge in [-0.2, -0.15) is 0 Å². The van der Waals surface area contributed by atoms with Gasteiger partial charge in [0.05, 0.1) is 16.5 Å². The SMILES string of the molecule is CC(=O)c1ccc([N+](=O)[O-])cc1N1CCC(C(=O)O)C1. The van der Waals surface area contributed by atoms with Gasteiger partial charge in [0.1, 0.15) is 0 Å². The van der Waals surface area contributed by atoms with Crippen molar-refractivity contribution in [2.24, 2.45) is 5.92 Å². The van der Waals surface area contributed by atoms with Crippen LogP contribution in [0.3, 0.4) is 0 Å². The fraction of sp³-hybridized carbons (Fsp3) is 0.385. The van der Waals surface area contributed by atoms with Gasteiger partial charge < -0.3 is 10.0 Å². The molecule has 1 N–H and O–H groups in total. The monoisotopic (exact) mass is 278 g/mol. The third-order valence-corrected chi connectivity index (χ3v) is 3.45. The average Bonchev–Trinajstić information content (AvgIpc) is 2.87. The number of non-ortho nitro benzene ring substituents is 1. The molecule has 1 heterocycles. The van der Waals surface area contributed by atoms with E-state index in [1.165, 1.54) is 25.1 Å². The van der Waals surface area contributed by atoms with Gasteiger partial charge in [0.2, 0.25) is 0 Å². The highest BCUT2D eigenvalue weighted by Gasteiger charge is 2.30. The maximum absolute atomic E-state index is 11.6. The standard InChI is InChI=1S/C13H14N2O5/c1-8(16)11-3-2-10(15(19)20)6-12(11)14-5-4-9(7-14)13(17)18/h2-3,6,9H,4-5,7H2,1H3,(H,17,18). The molecular weight excluding hydrogens is 264 g/mol. The van der Waals surface area contributed by atoms with E-state index in [2.05, 4.69) is 0 Å². The predicted octanol–water partition coefficient (Wildman–Crippen LogP) is 1.71. The van der Waals surface area contributed by atoms with E-state index in [1.807, 2.05) is 0 Å². The fourth-order valence-corrected chi connectivity index (χ4v) is 2.37. The van der Waals surface area contributed by atoms with Gasteiger partial charge >= 0.3 is 5.97 Å². The van der Waals surface area contributed by atoms with Crippen molar-refractivity contribution >= 4 is 23.1 Å². The molecule has 1 aromatic rings. The number of Topliss-reactive ketones (excluding diaryl/α,β-unsaturated/α-hetero) is 1. The van der Waals surface area contributed by atoms with Crippen LogP contribution in [-0.4, -0.2) is 34.9 Å². The van der Waals surface area contributed by atoms with E-state index in [9.17, 15) is 19.7 Å². The number of nitro benzene ring substituents is 1. The van der Waals surface area contributed by atoms with Gasteiger partial charge in [-0.3, -0.25) is 19.7 Å². The Labute approximate surface area is 115 Å². The lowest BCUT2D eigenvalue weighted by Crippen LogP contribution is -2.24. The largest absolute Gasteiger partial charge is 0.481 e. The summed E-state index contributed by atoms with van der Waals surface area (Å²) < 4.78 is 0. The zero-order chi connectivity index (χ0) is 14.9. The summed E-state index contributed by atoms with van der Waals surface area (Å²) >= 11 is 0. The Morgan fingerprint density at radius 3 is 2.65 bits per heavy atom. The van der Waals surface area contributed by atoms with Crippen LogP contribution >= 0.6 is 0 Å². The van der Waals surface area contributed by atoms with Crippen molar-refractivity contribution < 1.29 is 19.6 Å². The van der Waals surface area contributed by atoms with Crippen LogP contribution in [0.4, 0.5) is 11.4 Å². The number of hydrogen-bond donors (Lipinski definition) is 1. The van der Waals surface area contributed by atoms with E-state index in [-0.39, 0.29) is 18.0 Å². The quantitative estimate of drug-likeness (QED) is 0.511. The molecule has 1 fully saturated rings. The number of rotatable bonds is 4. The minimum absolute atomic E-state index is 0.108. The summed E-state index contributed by atoms with van der Waals surface area (Å²) in [6.45, 7) is 2.12. The lowest BCUT2D eigenvalue weighted by atomic mass is 10.1. The number of carboxylic acids is 1. The number of aliphatic carboxylic acids is 1. The van der Waals surface area contributed by atoms with Crippen LogP contribution in [0.25, 0.3) is 0 Å². The molecule has 0 bridgehead atoms. The third kappa shape index (κ3) is 2.61. The number of nitrogens with zero attached hydrogens (tertiary/aromatic N) is 2. The molecule has 1 saturated heterocycles. The van der Waals surface area contributed by atoms with Crippen LogP contribution in [0.5, 0.6) is 0 Å². The average molecular weight is 278 g/mol. The molecule has 1 aliphatic heterocycles. The topological polar surface area (TPSA) is 101 Å². The van der Waals surface area contributed by atoms with Crippen LogP contribution in [-0.2, 0) is 4.79 Å². The van der Waals surface area contributed by atoms with E-state index in [4.69, 9.17) is 5.11 Å². The molecule has 0 radical (unpaired) electrons. The molecule has 7 heteroatoms. The zero-order valence-corrected chi connectivity index (χ0v) is 10.9. The first-order valence-corrected chi connectivity index (χ1v) is 6.17. The van der Waals surface area contributed by atoms with E-state index >= 15 is 0 Å². The van der Waals surface area contributed by atoms with Gasteiger partial charge in [0, 0.05) is 30.8 Å². The molecule has 0 amide bonds. The molecule has 106 valence electrons. The zero-order valence-electron chi connectivity index (χ0n) is 10.9. The molecule has 20 heavy (non-hydrogen) atoms. The lowest BCUT2D eigenvalue weighted by Gasteiger charge is -2.20. The minimum atomic E-state index is -0.887. The highest BCUT2D eigenvalue weighted by Crippen LogP contribution is 2.31. The highest BCUT2D eigenvalue weighted by molar-refractivity contribution is 6.00. The summed E-state index contributed by atoms with van der Waals surface area (Å²) in [5, 5.41) is 19.8.